The van der Waals surface area contributed by atoms with Crippen LogP contribution in [-0.4, -0.2) is 23.8 Å². The predicted octanol–water partition coefficient (Wildman–Crippen LogP) is 4.07. The van der Waals surface area contributed by atoms with Gasteiger partial charge < -0.3 is 10.2 Å². The molecule has 1 N–H and O–H groups in total. The van der Waals surface area contributed by atoms with Crippen LogP contribution < -0.4 is 10.2 Å². The maximum absolute atomic E-state index is 12.0. The molecule has 0 unspecified atom stereocenters. The Labute approximate surface area is 148 Å². The standard InChI is InChI=1S/C17H16N4O3S/c1-11(22)16-15(19-12-4-6-13(7-5-12)21(23)24)14(10-18)17(25-16)20-8-2-3-9-20/h4-7,19H,2-3,8-9H2,1H3. The highest BCUT2D eigenvalue weighted by molar-refractivity contribution is 7.19. The van der Waals surface area contributed by atoms with Gasteiger partial charge in [-0.2, -0.15) is 5.26 Å². The predicted molar refractivity (Wildman–Crippen MR) is 96.9 cm³/mol. The topological polar surface area (TPSA) is 99.3 Å². The molecule has 1 aliphatic heterocycles. The summed E-state index contributed by atoms with van der Waals surface area (Å²) in [5.74, 6) is -0.114. The third kappa shape index (κ3) is 3.32. The highest BCUT2D eigenvalue weighted by Crippen LogP contribution is 2.42. The second-order valence-electron chi connectivity index (χ2n) is 5.78. The SMILES string of the molecule is CC(=O)c1sc(N2CCCC2)c(C#N)c1Nc1ccc([N+](=O)[O-])cc1. The minimum atomic E-state index is -0.471. The molecule has 3 rings (SSSR count). The summed E-state index contributed by atoms with van der Waals surface area (Å²) in [6.45, 7) is 3.23. The Kier molecular flexibility index (Phi) is 4.67. The number of hydrogen-bond acceptors (Lipinski definition) is 7. The molecule has 0 radical (unpaired) electrons. The van der Waals surface area contributed by atoms with Gasteiger partial charge in [-0.25, -0.2) is 0 Å². The minimum absolute atomic E-state index is 0.0130. The van der Waals surface area contributed by atoms with Gasteiger partial charge in [-0.1, -0.05) is 0 Å². The Bertz CT molecular complexity index is 861. The fourth-order valence-corrected chi connectivity index (χ4v) is 4.00. The van der Waals surface area contributed by atoms with Crippen molar-refractivity contribution in [1.82, 2.24) is 0 Å². The molecular formula is C17H16N4O3S. The Balaban J connectivity index is 2.00. The number of nitrogens with zero attached hydrogens (tertiary/aromatic N) is 3. The lowest BCUT2D eigenvalue weighted by molar-refractivity contribution is -0.384. The van der Waals surface area contributed by atoms with E-state index in [1.54, 1.807) is 12.1 Å². The van der Waals surface area contributed by atoms with Gasteiger partial charge in [-0.3, -0.25) is 14.9 Å². The monoisotopic (exact) mass is 356 g/mol. The molecule has 1 aromatic carbocycles. The maximum atomic E-state index is 12.0. The fraction of sp³-hybridized carbons (Fsp3) is 0.294. The quantitative estimate of drug-likeness (QED) is 0.492. The molecule has 1 aromatic heterocycles. The third-order valence-electron chi connectivity index (χ3n) is 4.06. The van der Waals surface area contributed by atoms with E-state index in [0.29, 0.717) is 21.8 Å². The van der Waals surface area contributed by atoms with Crippen LogP contribution in [0.2, 0.25) is 0 Å². The van der Waals surface area contributed by atoms with E-state index in [-0.39, 0.29) is 11.5 Å². The summed E-state index contributed by atoms with van der Waals surface area (Å²) in [6, 6.07) is 8.11. The van der Waals surface area contributed by atoms with Crippen LogP contribution in [0.3, 0.4) is 0 Å². The molecule has 0 aliphatic carbocycles. The summed E-state index contributed by atoms with van der Waals surface area (Å²) in [4.78, 5) is 25.0. The normalized spacial score (nSPS) is 13.5. The second kappa shape index (κ2) is 6.91. The zero-order chi connectivity index (χ0) is 18.0. The summed E-state index contributed by atoms with van der Waals surface area (Å²) >= 11 is 1.33. The molecule has 0 saturated carbocycles. The third-order valence-corrected chi connectivity index (χ3v) is 5.41. The number of rotatable bonds is 5. The molecule has 2 aromatic rings. The van der Waals surface area contributed by atoms with Gasteiger partial charge in [0, 0.05) is 37.8 Å². The second-order valence-corrected chi connectivity index (χ2v) is 6.78. The van der Waals surface area contributed by atoms with Crippen LogP contribution in [0, 0.1) is 21.4 Å². The van der Waals surface area contributed by atoms with Crippen molar-refractivity contribution in [3.63, 3.8) is 0 Å². The first-order chi connectivity index (χ1) is 12.0. The summed E-state index contributed by atoms with van der Waals surface area (Å²) < 4.78 is 0. The Hall–Kier alpha value is -2.92. The van der Waals surface area contributed by atoms with Gasteiger partial charge in [0.1, 0.15) is 16.6 Å². The van der Waals surface area contributed by atoms with E-state index < -0.39 is 4.92 Å². The first-order valence-electron chi connectivity index (χ1n) is 7.85. The number of nitro benzene ring substituents is 1. The molecule has 0 spiro atoms. The van der Waals surface area contributed by atoms with E-state index in [1.807, 2.05) is 0 Å². The van der Waals surface area contributed by atoms with Crippen molar-refractivity contribution < 1.29 is 9.72 Å². The number of ketones is 1. The van der Waals surface area contributed by atoms with Crippen LogP contribution in [0.25, 0.3) is 0 Å². The summed E-state index contributed by atoms with van der Waals surface area (Å²) in [5, 5.41) is 24.3. The number of carbonyl (C=O) groups is 1. The summed E-state index contributed by atoms with van der Waals surface area (Å²) in [6.07, 6.45) is 2.15. The summed E-state index contributed by atoms with van der Waals surface area (Å²) in [7, 11) is 0. The number of nitro groups is 1. The zero-order valence-corrected chi connectivity index (χ0v) is 14.4. The highest BCUT2D eigenvalue weighted by Gasteiger charge is 2.26. The van der Waals surface area contributed by atoms with Crippen LogP contribution in [-0.2, 0) is 0 Å². The fourth-order valence-electron chi connectivity index (χ4n) is 2.84. The first-order valence-corrected chi connectivity index (χ1v) is 8.67. The molecule has 1 aliphatic rings. The molecule has 25 heavy (non-hydrogen) atoms. The van der Waals surface area contributed by atoms with E-state index in [4.69, 9.17) is 0 Å². The van der Waals surface area contributed by atoms with Gasteiger partial charge >= 0.3 is 0 Å². The summed E-state index contributed by atoms with van der Waals surface area (Å²) in [5.41, 5.74) is 1.52. The van der Waals surface area contributed by atoms with Gasteiger partial charge in [-0.05, 0) is 25.0 Å². The maximum Gasteiger partial charge on any atom is 0.269 e. The molecule has 1 saturated heterocycles. The van der Waals surface area contributed by atoms with Crippen LogP contribution in [0.5, 0.6) is 0 Å². The number of non-ortho nitro benzene ring substituents is 1. The number of nitrogens with one attached hydrogen (secondary N) is 1. The van der Waals surface area contributed by atoms with Crippen LogP contribution in [0.4, 0.5) is 22.1 Å². The van der Waals surface area contributed by atoms with E-state index in [9.17, 15) is 20.2 Å². The van der Waals surface area contributed by atoms with Gasteiger partial charge in [0.15, 0.2) is 5.78 Å². The molecule has 7 nitrogen and oxygen atoms in total. The Morgan fingerprint density at radius 2 is 1.96 bits per heavy atom. The number of benzene rings is 1. The van der Waals surface area contributed by atoms with E-state index in [1.165, 1.54) is 30.4 Å². The molecule has 128 valence electrons. The van der Waals surface area contributed by atoms with Crippen molar-refractivity contribution in [1.29, 1.82) is 5.26 Å². The lowest BCUT2D eigenvalue weighted by atomic mass is 10.2. The van der Waals surface area contributed by atoms with Gasteiger partial charge in [0.05, 0.1) is 15.5 Å². The minimum Gasteiger partial charge on any atom is -0.362 e. The van der Waals surface area contributed by atoms with Crippen LogP contribution >= 0.6 is 11.3 Å². The zero-order valence-electron chi connectivity index (χ0n) is 13.6. The number of thiophene rings is 1. The van der Waals surface area contributed by atoms with Crippen molar-refractivity contribution >= 4 is 39.2 Å². The smallest absolute Gasteiger partial charge is 0.269 e. The van der Waals surface area contributed by atoms with Crippen LogP contribution in [0.1, 0.15) is 35.0 Å². The van der Waals surface area contributed by atoms with Gasteiger partial charge in [0.25, 0.3) is 5.69 Å². The van der Waals surface area contributed by atoms with Crippen molar-refractivity contribution in [2.45, 2.75) is 19.8 Å². The van der Waals surface area contributed by atoms with Crippen LogP contribution in [0.15, 0.2) is 24.3 Å². The van der Waals surface area contributed by atoms with Gasteiger partial charge in [-0.15, -0.1) is 11.3 Å². The van der Waals surface area contributed by atoms with E-state index in [0.717, 1.165) is 30.9 Å². The lowest BCUT2D eigenvalue weighted by Crippen LogP contribution is -2.17. The largest absolute Gasteiger partial charge is 0.362 e. The highest BCUT2D eigenvalue weighted by atomic mass is 32.1. The molecule has 1 fully saturated rings. The average Bonchev–Trinajstić information content (AvgIpc) is 3.22. The first kappa shape index (κ1) is 16.9. The Morgan fingerprint density at radius 3 is 2.48 bits per heavy atom. The van der Waals surface area contributed by atoms with Crippen molar-refractivity contribution in [2.24, 2.45) is 0 Å². The number of nitriles is 1. The number of Topliss-reactive ketones (excluding diaryl/α,β-unsaturated/α-hetero) is 1. The number of hydrogen-bond donors (Lipinski definition) is 1. The average molecular weight is 356 g/mol. The molecule has 0 atom stereocenters. The molecule has 8 heteroatoms. The van der Waals surface area contributed by atoms with Gasteiger partial charge in [0.2, 0.25) is 0 Å². The van der Waals surface area contributed by atoms with Crippen molar-refractivity contribution in [2.75, 3.05) is 23.3 Å². The molecular weight excluding hydrogens is 340 g/mol. The molecule has 0 bridgehead atoms. The number of anilines is 3. The van der Waals surface area contributed by atoms with Crippen molar-refractivity contribution in [3.05, 3.63) is 44.8 Å². The Morgan fingerprint density at radius 1 is 1.32 bits per heavy atom. The lowest BCUT2D eigenvalue weighted by Gasteiger charge is -2.15. The molecule has 0 amide bonds. The number of carbonyl (C=O) groups excluding carboxylic acids is 1. The van der Waals surface area contributed by atoms with Crippen molar-refractivity contribution in [3.8, 4) is 6.07 Å². The van der Waals surface area contributed by atoms with E-state index >= 15 is 0 Å². The molecule has 2 heterocycles. The van der Waals surface area contributed by atoms with E-state index in [2.05, 4.69) is 16.3 Å².